The van der Waals surface area contributed by atoms with Crippen LogP contribution in [0.15, 0.2) is 36.4 Å². The van der Waals surface area contributed by atoms with E-state index in [2.05, 4.69) is 21.3 Å². The summed E-state index contributed by atoms with van der Waals surface area (Å²) in [5, 5.41) is 4.12. The summed E-state index contributed by atoms with van der Waals surface area (Å²) in [4.78, 5) is 18.9. The van der Waals surface area contributed by atoms with Crippen molar-refractivity contribution in [1.29, 1.82) is 0 Å². The van der Waals surface area contributed by atoms with Crippen molar-refractivity contribution < 1.29 is 4.79 Å². The second-order valence-corrected chi connectivity index (χ2v) is 5.96. The second kappa shape index (κ2) is 7.36. The number of carbonyl (C=O) groups excluding carboxylic acids is 1. The molecule has 116 valence electrons. The summed E-state index contributed by atoms with van der Waals surface area (Å²) in [5.74, 6) is 0.0943. The van der Waals surface area contributed by atoms with Crippen LogP contribution in [0.1, 0.15) is 31.4 Å². The Kier molecular flexibility index (Phi) is 5.01. The molecular weight excluding hydrogens is 274 g/mol. The van der Waals surface area contributed by atoms with Crippen molar-refractivity contribution >= 4 is 16.8 Å². The van der Waals surface area contributed by atoms with Crippen LogP contribution in [0.2, 0.25) is 0 Å². The van der Waals surface area contributed by atoms with Gasteiger partial charge in [0.05, 0.1) is 24.3 Å². The second-order valence-electron chi connectivity index (χ2n) is 5.96. The van der Waals surface area contributed by atoms with Crippen LogP contribution in [-0.2, 0) is 11.3 Å². The monoisotopic (exact) mass is 297 g/mol. The average molecular weight is 297 g/mol. The minimum Gasteiger partial charge on any atom is -0.349 e. The highest BCUT2D eigenvalue weighted by Gasteiger charge is 2.12. The van der Waals surface area contributed by atoms with Gasteiger partial charge in [-0.3, -0.25) is 14.7 Å². The van der Waals surface area contributed by atoms with Gasteiger partial charge in [0, 0.05) is 5.39 Å². The molecule has 0 spiro atoms. The van der Waals surface area contributed by atoms with E-state index < -0.39 is 0 Å². The average Bonchev–Trinajstić information content (AvgIpc) is 2.81. The lowest BCUT2D eigenvalue weighted by atomic mass is 10.2. The van der Waals surface area contributed by atoms with Crippen LogP contribution in [0.5, 0.6) is 0 Å². The van der Waals surface area contributed by atoms with Gasteiger partial charge in [-0.15, -0.1) is 0 Å². The summed E-state index contributed by atoms with van der Waals surface area (Å²) in [6.45, 7) is 3.09. The minimum absolute atomic E-state index is 0.0943. The fourth-order valence-corrected chi connectivity index (χ4v) is 2.95. The fourth-order valence-electron chi connectivity index (χ4n) is 2.95. The third-order valence-corrected chi connectivity index (χ3v) is 4.19. The van der Waals surface area contributed by atoms with Crippen LogP contribution in [-0.4, -0.2) is 35.4 Å². The molecule has 0 unspecified atom stereocenters. The number of hydrogen-bond donors (Lipinski definition) is 1. The Morgan fingerprint density at radius 3 is 2.64 bits per heavy atom. The maximum atomic E-state index is 12.1. The standard InChI is InChI=1S/C18H23N3O/c22-18(14-21-11-5-1-2-6-12-21)19-13-16-10-9-15-7-3-4-8-17(15)20-16/h3-4,7-10H,1-2,5-6,11-14H2,(H,19,22). The Morgan fingerprint density at radius 2 is 1.82 bits per heavy atom. The molecule has 1 N–H and O–H groups in total. The molecule has 0 saturated carbocycles. The molecule has 1 aromatic heterocycles. The maximum Gasteiger partial charge on any atom is 0.234 e. The van der Waals surface area contributed by atoms with Crippen LogP contribution in [0, 0.1) is 0 Å². The van der Waals surface area contributed by atoms with E-state index in [0.717, 1.165) is 29.7 Å². The van der Waals surface area contributed by atoms with Gasteiger partial charge in [0.25, 0.3) is 0 Å². The van der Waals surface area contributed by atoms with Gasteiger partial charge in [-0.2, -0.15) is 0 Å². The first-order chi connectivity index (χ1) is 10.8. The number of pyridine rings is 1. The van der Waals surface area contributed by atoms with Crippen LogP contribution < -0.4 is 5.32 Å². The van der Waals surface area contributed by atoms with E-state index in [1.54, 1.807) is 0 Å². The highest BCUT2D eigenvalue weighted by Crippen LogP contribution is 2.12. The van der Waals surface area contributed by atoms with Gasteiger partial charge >= 0.3 is 0 Å². The molecule has 1 saturated heterocycles. The van der Waals surface area contributed by atoms with Crippen LogP contribution >= 0.6 is 0 Å². The lowest BCUT2D eigenvalue weighted by Crippen LogP contribution is -2.37. The van der Waals surface area contributed by atoms with E-state index in [-0.39, 0.29) is 5.91 Å². The Bertz CT molecular complexity index is 633. The Labute approximate surface area is 131 Å². The number of hydrogen-bond acceptors (Lipinski definition) is 3. The molecule has 2 heterocycles. The molecule has 4 heteroatoms. The molecule has 0 aliphatic carbocycles. The first kappa shape index (κ1) is 15.0. The number of rotatable bonds is 4. The zero-order valence-electron chi connectivity index (χ0n) is 12.9. The van der Waals surface area contributed by atoms with Crippen LogP contribution in [0.25, 0.3) is 10.9 Å². The SMILES string of the molecule is O=C(CN1CCCCCC1)NCc1ccc2ccccc2n1. The molecule has 1 fully saturated rings. The molecular formula is C18H23N3O. The van der Waals surface area contributed by atoms with Gasteiger partial charge in [-0.25, -0.2) is 0 Å². The number of nitrogens with zero attached hydrogens (tertiary/aromatic N) is 2. The molecule has 1 aliphatic rings. The summed E-state index contributed by atoms with van der Waals surface area (Å²) in [7, 11) is 0. The van der Waals surface area contributed by atoms with Crippen molar-refractivity contribution in [2.24, 2.45) is 0 Å². The Hall–Kier alpha value is -1.94. The molecule has 1 aromatic carbocycles. The minimum atomic E-state index is 0.0943. The first-order valence-electron chi connectivity index (χ1n) is 8.15. The number of likely N-dealkylation sites (tertiary alicyclic amines) is 1. The molecule has 2 aromatic rings. The fraction of sp³-hybridized carbons (Fsp3) is 0.444. The van der Waals surface area contributed by atoms with E-state index >= 15 is 0 Å². The lowest BCUT2D eigenvalue weighted by Gasteiger charge is -2.18. The molecule has 0 radical (unpaired) electrons. The molecule has 22 heavy (non-hydrogen) atoms. The van der Waals surface area contributed by atoms with Gasteiger partial charge in [0.1, 0.15) is 0 Å². The van der Waals surface area contributed by atoms with Crippen molar-refractivity contribution in [3.8, 4) is 0 Å². The normalized spacial score (nSPS) is 16.4. The lowest BCUT2D eigenvalue weighted by molar-refractivity contribution is -0.122. The maximum absolute atomic E-state index is 12.1. The predicted molar refractivity (Wildman–Crippen MR) is 88.5 cm³/mol. The van der Waals surface area contributed by atoms with Crippen molar-refractivity contribution in [2.45, 2.75) is 32.2 Å². The first-order valence-corrected chi connectivity index (χ1v) is 8.15. The van der Waals surface area contributed by atoms with E-state index in [4.69, 9.17) is 0 Å². The third kappa shape index (κ3) is 4.04. The number of para-hydroxylation sites is 1. The number of aromatic nitrogens is 1. The van der Waals surface area contributed by atoms with Crippen molar-refractivity contribution in [3.63, 3.8) is 0 Å². The van der Waals surface area contributed by atoms with Gasteiger partial charge in [0.15, 0.2) is 0 Å². The Balaban J connectivity index is 1.53. The van der Waals surface area contributed by atoms with Crippen LogP contribution in [0.3, 0.4) is 0 Å². The smallest absolute Gasteiger partial charge is 0.234 e. The van der Waals surface area contributed by atoms with E-state index in [1.165, 1.54) is 25.7 Å². The van der Waals surface area contributed by atoms with Gasteiger partial charge < -0.3 is 5.32 Å². The molecule has 0 bridgehead atoms. The van der Waals surface area contributed by atoms with E-state index in [1.807, 2.05) is 30.3 Å². The van der Waals surface area contributed by atoms with Crippen LogP contribution in [0.4, 0.5) is 0 Å². The van der Waals surface area contributed by atoms with E-state index in [9.17, 15) is 4.79 Å². The zero-order chi connectivity index (χ0) is 15.2. The summed E-state index contributed by atoms with van der Waals surface area (Å²) in [6, 6.07) is 12.1. The molecule has 0 atom stereocenters. The van der Waals surface area contributed by atoms with Crippen molar-refractivity contribution in [2.75, 3.05) is 19.6 Å². The quantitative estimate of drug-likeness (QED) is 0.944. The third-order valence-electron chi connectivity index (χ3n) is 4.19. The summed E-state index contributed by atoms with van der Waals surface area (Å²) in [6.07, 6.45) is 5.00. The predicted octanol–water partition coefficient (Wildman–Crippen LogP) is 2.73. The molecule has 1 aliphatic heterocycles. The topological polar surface area (TPSA) is 45.2 Å². The van der Waals surface area contributed by atoms with Gasteiger partial charge in [-0.1, -0.05) is 37.1 Å². The highest BCUT2D eigenvalue weighted by molar-refractivity contribution is 5.79. The Morgan fingerprint density at radius 1 is 1.05 bits per heavy atom. The number of amides is 1. The number of fused-ring (bicyclic) bond motifs is 1. The van der Waals surface area contributed by atoms with Crippen molar-refractivity contribution in [3.05, 3.63) is 42.1 Å². The molecule has 3 rings (SSSR count). The largest absolute Gasteiger partial charge is 0.349 e. The summed E-state index contributed by atoms with van der Waals surface area (Å²) >= 11 is 0. The number of nitrogens with one attached hydrogen (secondary N) is 1. The van der Waals surface area contributed by atoms with Gasteiger partial charge in [-0.05, 0) is 38.1 Å². The zero-order valence-corrected chi connectivity index (χ0v) is 12.9. The summed E-state index contributed by atoms with van der Waals surface area (Å²) < 4.78 is 0. The van der Waals surface area contributed by atoms with Crippen molar-refractivity contribution in [1.82, 2.24) is 15.2 Å². The summed E-state index contributed by atoms with van der Waals surface area (Å²) in [5.41, 5.74) is 1.88. The van der Waals surface area contributed by atoms with E-state index in [0.29, 0.717) is 13.1 Å². The molecule has 1 amide bonds. The molecule has 4 nitrogen and oxygen atoms in total. The van der Waals surface area contributed by atoms with Gasteiger partial charge in [0.2, 0.25) is 5.91 Å². The number of benzene rings is 1. The number of carbonyl (C=O) groups is 1. The highest BCUT2D eigenvalue weighted by atomic mass is 16.2.